The van der Waals surface area contributed by atoms with Gasteiger partial charge in [0.05, 0.1) is 34.9 Å². The first-order valence-electron chi connectivity index (χ1n) is 9.14. The molecule has 6 nitrogen and oxygen atoms in total. The SMILES string of the molecule is Cc1cnc(Cl)nc1-c1cc2c(s1)C(C)(C)N(CCN1CCOCC1)C2=O. The van der Waals surface area contributed by atoms with E-state index in [0.717, 1.165) is 66.0 Å². The van der Waals surface area contributed by atoms with Crippen LogP contribution >= 0.6 is 22.9 Å². The Morgan fingerprint density at radius 3 is 2.74 bits per heavy atom. The molecule has 2 aromatic heterocycles. The first-order valence-corrected chi connectivity index (χ1v) is 10.3. The zero-order chi connectivity index (χ0) is 19.2. The molecule has 1 amide bonds. The van der Waals surface area contributed by atoms with E-state index >= 15 is 0 Å². The summed E-state index contributed by atoms with van der Waals surface area (Å²) in [7, 11) is 0. The molecule has 0 unspecified atom stereocenters. The number of ether oxygens (including phenoxy) is 1. The van der Waals surface area contributed by atoms with Gasteiger partial charge in [-0.15, -0.1) is 11.3 Å². The van der Waals surface area contributed by atoms with Crippen molar-refractivity contribution in [2.45, 2.75) is 26.3 Å². The highest BCUT2D eigenvalue weighted by molar-refractivity contribution is 7.16. The Labute approximate surface area is 168 Å². The summed E-state index contributed by atoms with van der Waals surface area (Å²) < 4.78 is 5.40. The number of halogens is 1. The minimum atomic E-state index is -0.327. The molecule has 0 aromatic carbocycles. The summed E-state index contributed by atoms with van der Waals surface area (Å²) >= 11 is 7.61. The number of aryl methyl sites for hydroxylation is 1. The van der Waals surface area contributed by atoms with Crippen LogP contribution in [-0.2, 0) is 10.3 Å². The van der Waals surface area contributed by atoms with E-state index in [1.165, 1.54) is 0 Å². The van der Waals surface area contributed by atoms with Crippen molar-refractivity contribution in [3.63, 3.8) is 0 Å². The Morgan fingerprint density at radius 1 is 1.30 bits per heavy atom. The maximum Gasteiger partial charge on any atom is 0.255 e. The molecule has 1 saturated heterocycles. The van der Waals surface area contributed by atoms with Crippen molar-refractivity contribution in [3.05, 3.63) is 33.6 Å². The van der Waals surface area contributed by atoms with Gasteiger partial charge in [-0.2, -0.15) is 0 Å². The number of rotatable bonds is 4. The molecule has 0 radical (unpaired) electrons. The minimum Gasteiger partial charge on any atom is -0.379 e. The first kappa shape index (κ1) is 18.8. The number of hydrogen-bond donors (Lipinski definition) is 0. The molecule has 0 bridgehead atoms. The average Bonchev–Trinajstić information content (AvgIpc) is 3.16. The molecule has 2 aliphatic heterocycles. The van der Waals surface area contributed by atoms with E-state index in [2.05, 4.69) is 28.7 Å². The molecule has 4 heterocycles. The van der Waals surface area contributed by atoms with Gasteiger partial charge in [-0.25, -0.2) is 9.97 Å². The van der Waals surface area contributed by atoms with Crippen LogP contribution in [0, 0.1) is 6.92 Å². The number of fused-ring (bicyclic) bond motifs is 1. The van der Waals surface area contributed by atoms with Crippen LogP contribution in [0.3, 0.4) is 0 Å². The quantitative estimate of drug-likeness (QED) is 0.730. The average molecular weight is 407 g/mol. The van der Waals surface area contributed by atoms with Gasteiger partial charge in [0.25, 0.3) is 5.91 Å². The zero-order valence-corrected chi connectivity index (χ0v) is 17.4. The molecule has 0 atom stereocenters. The summed E-state index contributed by atoms with van der Waals surface area (Å²) in [5.41, 5.74) is 2.22. The van der Waals surface area contributed by atoms with E-state index < -0.39 is 0 Å². The van der Waals surface area contributed by atoms with Crippen molar-refractivity contribution in [2.24, 2.45) is 0 Å². The largest absolute Gasteiger partial charge is 0.379 e. The third-order valence-corrected chi connectivity index (χ3v) is 6.99. The van der Waals surface area contributed by atoms with Crippen LogP contribution in [0.15, 0.2) is 12.3 Å². The predicted molar refractivity (Wildman–Crippen MR) is 106 cm³/mol. The van der Waals surface area contributed by atoms with Gasteiger partial charge in [0, 0.05) is 37.3 Å². The number of carbonyl (C=O) groups excluding carboxylic acids is 1. The first-order chi connectivity index (χ1) is 12.9. The standard InChI is InChI=1S/C19H23ClN4O2S/c1-12-11-21-18(20)22-15(12)14-10-13-16(27-14)19(2,3)24(17(13)25)5-4-23-6-8-26-9-7-23/h10-11H,4-9H2,1-3H3. The summed E-state index contributed by atoms with van der Waals surface area (Å²) in [5, 5.41) is 0.224. The van der Waals surface area contributed by atoms with Crippen molar-refractivity contribution >= 4 is 28.8 Å². The second kappa shape index (κ2) is 7.13. The lowest BCUT2D eigenvalue weighted by Crippen LogP contribution is -2.46. The third kappa shape index (κ3) is 3.38. The molecule has 144 valence electrons. The van der Waals surface area contributed by atoms with Gasteiger partial charge < -0.3 is 9.64 Å². The fourth-order valence-corrected chi connectivity index (χ4v) is 5.21. The lowest BCUT2D eigenvalue weighted by atomic mass is 10.0. The van der Waals surface area contributed by atoms with Gasteiger partial charge >= 0.3 is 0 Å². The minimum absolute atomic E-state index is 0.101. The van der Waals surface area contributed by atoms with Crippen LogP contribution < -0.4 is 0 Å². The number of morpholine rings is 1. The molecule has 27 heavy (non-hydrogen) atoms. The monoisotopic (exact) mass is 406 g/mol. The van der Waals surface area contributed by atoms with Gasteiger partial charge in [-0.3, -0.25) is 9.69 Å². The molecule has 2 aliphatic rings. The van der Waals surface area contributed by atoms with E-state index in [1.54, 1.807) is 17.5 Å². The Kier molecular flexibility index (Phi) is 4.96. The lowest BCUT2D eigenvalue weighted by molar-refractivity contribution is 0.0263. The van der Waals surface area contributed by atoms with E-state index in [9.17, 15) is 4.79 Å². The Bertz CT molecular complexity index is 877. The van der Waals surface area contributed by atoms with Crippen LogP contribution in [-0.4, -0.2) is 65.1 Å². The van der Waals surface area contributed by atoms with Crippen molar-refractivity contribution in [2.75, 3.05) is 39.4 Å². The van der Waals surface area contributed by atoms with Crippen LogP contribution in [0.1, 0.15) is 34.6 Å². The molecular formula is C19H23ClN4O2S. The molecule has 1 fully saturated rings. The van der Waals surface area contributed by atoms with Crippen LogP contribution in [0.2, 0.25) is 5.28 Å². The molecule has 2 aromatic rings. The number of hydrogen-bond acceptors (Lipinski definition) is 6. The predicted octanol–water partition coefficient (Wildman–Crippen LogP) is 3.19. The van der Waals surface area contributed by atoms with Crippen LogP contribution in [0.5, 0.6) is 0 Å². The Morgan fingerprint density at radius 2 is 2.04 bits per heavy atom. The highest BCUT2D eigenvalue weighted by Crippen LogP contribution is 2.46. The van der Waals surface area contributed by atoms with Gasteiger partial charge in [-0.05, 0) is 44.0 Å². The summed E-state index contributed by atoms with van der Waals surface area (Å²) in [6.45, 7) is 11.2. The topological polar surface area (TPSA) is 58.6 Å². The Balaban J connectivity index is 1.58. The lowest BCUT2D eigenvalue weighted by Gasteiger charge is -2.35. The normalized spacial score (nSPS) is 19.6. The number of amides is 1. The number of nitrogens with zero attached hydrogens (tertiary/aromatic N) is 4. The molecular weight excluding hydrogens is 384 g/mol. The highest BCUT2D eigenvalue weighted by atomic mass is 35.5. The van der Waals surface area contributed by atoms with Gasteiger partial charge in [0.15, 0.2) is 0 Å². The number of carbonyl (C=O) groups is 1. The molecule has 0 aliphatic carbocycles. The molecule has 0 saturated carbocycles. The number of aromatic nitrogens is 2. The highest BCUT2D eigenvalue weighted by Gasteiger charge is 2.45. The Hall–Kier alpha value is -1.54. The molecule has 0 N–H and O–H groups in total. The molecule has 4 rings (SSSR count). The van der Waals surface area contributed by atoms with E-state index in [1.807, 2.05) is 17.9 Å². The van der Waals surface area contributed by atoms with Crippen molar-refractivity contribution in [3.8, 4) is 10.6 Å². The van der Waals surface area contributed by atoms with E-state index in [-0.39, 0.29) is 16.7 Å². The second-order valence-corrected chi connectivity index (χ2v) is 8.88. The smallest absolute Gasteiger partial charge is 0.255 e. The maximum atomic E-state index is 13.1. The fourth-order valence-electron chi connectivity index (χ4n) is 3.76. The van der Waals surface area contributed by atoms with E-state index in [0.29, 0.717) is 0 Å². The van der Waals surface area contributed by atoms with Gasteiger partial charge in [0.1, 0.15) is 0 Å². The number of thiophene rings is 1. The molecule has 0 spiro atoms. The summed E-state index contributed by atoms with van der Waals surface area (Å²) in [4.78, 5) is 27.9. The third-order valence-electron chi connectivity index (χ3n) is 5.36. The fraction of sp³-hybridized carbons (Fsp3) is 0.526. The van der Waals surface area contributed by atoms with Gasteiger partial charge in [0.2, 0.25) is 5.28 Å². The summed E-state index contributed by atoms with van der Waals surface area (Å²) in [5.74, 6) is 0.101. The van der Waals surface area contributed by atoms with E-state index in [4.69, 9.17) is 16.3 Å². The summed E-state index contributed by atoms with van der Waals surface area (Å²) in [6.07, 6.45) is 1.72. The molecule has 8 heteroatoms. The van der Waals surface area contributed by atoms with Gasteiger partial charge in [-0.1, -0.05) is 0 Å². The second-order valence-electron chi connectivity index (χ2n) is 7.49. The van der Waals surface area contributed by atoms with Crippen LogP contribution in [0.4, 0.5) is 0 Å². The van der Waals surface area contributed by atoms with Crippen LogP contribution in [0.25, 0.3) is 10.6 Å². The van der Waals surface area contributed by atoms with Crippen molar-refractivity contribution < 1.29 is 9.53 Å². The summed E-state index contributed by atoms with van der Waals surface area (Å²) in [6, 6.07) is 1.96. The van der Waals surface area contributed by atoms with Crippen molar-refractivity contribution in [1.82, 2.24) is 19.8 Å². The zero-order valence-electron chi connectivity index (χ0n) is 15.8. The van der Waals surface area contributed by atoms with Crippen molar-refractivity contribution in [1.29, 1.82) is 0 Å². The maximum absolute atomic E-state index is 13.1.